The van der Waals surface area contributed by atoms with E-state index in [9.17, 15) is 19.6 Å². The maximum Gasteiger partial charge on any atom is 0.459 e. The number of aliphatic hydroxyl groups excluding tert-OH is 1. The van der Waals surface area contributed by atoms with Gasteiger partial charge in [-0.3, -0.25) is 13.9 Å². The second-order valence-electron chi connectivity index (χ2n) is 10.8. The van der Waals surface area contributed by atoms with Crippen LogP contribution in [-0.4, -0.2) is 60.1 Å². The molecule has 0 spiro atoms. The van der Waals surface area contributed by atoms with Crippen molar-refractivity contribution in [1.29, 1.82) is 0 Å². The van der Waals surface area contributed by atoms with Gasteiger partial charge in [-0.1, -0.05) is 66.7 Å². The Morgan fingerprint density at radius 1 is 1.11 bits per heavy atom. The Balaban J connectivity index is 1.27. The van der Waals surface area contributed by atoms with Crippen LogP contribution in [0.25, 0.3) is 21.9 Å². The van der Waals surface area contributed by atoms with Crippen molar-refractivity contribution in [3.8, 4) is 5.75 Å². The van der Waals surface area contributed by atoms with Crippen LogP contribution >= 0.6 is 7.75 Å². The molecule has 0 bridgehead atoms. The Bertz CT molecular complexity index is 1850. The molecule has 0 amide bonds. The van der Waals surface area contributed by atoms with Crippen LogP contribution in [0.15, 0.2) is 85.5 Å². The lowest BCUT2D eigenvalue weighted by molar-refractivity contribution is -0.143. The molecule has 44 heavy (non-hydrogen) atoms. The molecule has 6 rings (SSSR count). The number of benzene rings is 3. The van der Waals surface area contributed by atoms with Crippen LogP contribution in [0.4, 0.5) is 5.82 Å². The smallest absolute Gasteiger partial charge is 0.459 e. The standard InChI is InChI=1S/C30H31N6O7P/c1-30(29(38)39,15-19-8-3-2-4-9-19)35-44(40,43-24-13-7-11-20-10-5-6-12-22(20)24)41-16-21-14-23(37)28(42-21)36-18-34-25-26(31)32-17-33-27(25)36/h2-13,17-18,21,23,28,37H,14-16H2,1H3,(H,35,40)(H,38,39)(H2,31,32,33)/t21-,23+,28+,30?,44?/m0/s1. The minimum Gasteiger partial charge on any atom is -0.480 e. The number of rotatable bonds is 11. The SMILES string of the molecule is CC(Cc1ccccc1)(NP(=O)(OC[C@@H]1C[C@@H](O)[C@H](n2cnc3c(N)ncnc32)O1)Oc1cccc2ccccc12)C(=O)O. The molecule has 0 aliphatic carbocycles. The number of carboxylic acid groups (broad SMARTS) is 1. The number of carboxylic acids is 1. The van der Waals surface area contributed by atoms with Crippen LogP contribution in [-0.2, 0) is 25.0 Å². The quantitative estimate of drug-likeness (QED) is 0.156. The number of nitrogen functional groups attached to an aromatic ring is 1. The van der Waals surface area contributed by atoms with Gasteiger partial charge < -0.3 is 25.2 Å². The highest BCUT2D eigenvalue weighted by molar-refractivity contribution is 7.52. The number of nitrogens with one attached hydrogen (secondary N) is 1. The number of ether oxygens (including phenoxy) is 1. The second kappa shape index (κ2) is 11.9. The van der Waals surface area contributed by atoms with Gasteiger partial charge in [0.15, 0.2) is 17.7 Å². The Kier molecular flexibility index (Phi) is 8.06. The Hall–Kier alpha value is -4.39. The molecule has 5 atom stereocenters. The number of hydrogen-bond donors (Lipinski definition) is 4. The lowest BCUT2D eigenvalue weighted by Crippen LogP contribution is -2.50. The number of nitrogens with zero attached hydrogens (tertiary/aromatic N) is 4. The molecule has 3 heterocycles. The third-order valence-corrected chi connectivity index (χ3v) is 9.17. The van der Waals surface area contributed by atoms with Crippen molar-refractivity contribution >= 4 is 41.5 Å². The largest absolute Gasteiger partial charge is 0.480 e. The van der Waals surface area contributed by atoms with Gasteiger partial charge in [-0.25, -0.2) is 19.5 Å². The van der Waals surface area contributed by atoms with E-state index in [1.54, 1.807) is 41.0 Å². The lowest BCUT2D eigenvalue weighted by Gasteiger charge is -2.31. The summed E-state index contributed by atoms with van der Waals surface area (Å²) < 4.78 is 34.1. The van der Waals surface area contributed by atoms with Crippen molar-refractivity contribution in [2.24, 2.45) is 0 Å². The summed E-state index contributed by atoms with van der Waals surface area (Å²) in [5.41, 5.74) is 5.62. The van der Waals surface area contributed by atoms with Crippen LogP contribution in [0.1, 0.15) is 25.1 Å². The number of aliphatic carboxylic acids is 1. The molecule has 2 unspecified atom stereocenters. The average Bonchev–Trinajstić information content (AvgIpc) is 3.60. The molecule has 1 aliphatic rings. The molecule has 1 aliphatic heterocycles. The van der Waals surface area contributed by atoms with Gasteiger partial charge >= 0.3 is 13.7 Å². The Morgan fingerprint density at radius 2 is 1.86 bits per heavy atom. The molecule has 5 N–H and O–H groups in total. The van der Waals surface area contributed by atoms with Crippen molar-refractivity contribution in [2.45, 2.75) is 43.7 Å². The van der Waals surface area contributed by atoms with Crippen molar-refractivity contribution < 1.29 is 33.4 Å². The minimum atomic E-state index is -4.40. The van der Waals surface area contributed by atoms with Crippen LogP contribution in [0, 0.1) is 0 Å². The first-order chi connectivity index (χ1) is 21.1. The van der Waals surface area contributed by atoms with E-state index in [1.165, 1.54) is 19.6 Å². The van der Waals surface area contributed by atoms with E-state index in [2.05, 4.69) is 20.0 Å². The highest BCUT2D eigenvalue weighted by Crippen LogP contribution is 2.49. The molecule has 13 nitrogen and oxygen atoms in total. The summed E-state index contributed by atoms with van der Waals surface area (Å²) in [5, 5.41) is 25.4. The Morgan fingerprint density at radius 3 is 2.66 bits per heavy atom. The monoisotopic (exact) mass is 618 g/mol. The average molecular weight is 619 g/mol. The van der Waals surface area contributed by atoms with Crippen LogP contribution in [0.3, 0.4) is 0 Å². The van der Waals surface area contributed by atoms with Gasteiger partial charge in [-0.2, -0.15) is 5.09 Å². The van der Waals surface area contributed by atoms with Gasteiger partial charge in [-0.15, -0.1) is 0 Å². The number of carbonyl (C=O) groups is 1. The number of aromatic nitrogens is 4. The zero-order valence-electron chi connectivity index (χ0n) is 23.7. The highest BCUT2D eigenvalue weighted by Gasteiger charge is 2.45. The van der Waals surface area contributed by atoms with Crippen molar-refractivity contribution in [1.82, 2.24) is 24.6 Å². The van der Waals surface area contributed by atoms with Gasteiger partial charge in [-0.05, 0) is 23.9 Å². The van der Waals surface area contributed by atoms with Crippen LogP contribution < -0.4 is 15.3 Å². The number of nitrogens with two attached hydrogens (primary N) is 1. The summed E-state index contributed by atoms with van der Waals surface area (Å²) in [5.74, 6) is -0.804. The summed E-state index contributed by atoms with van der Waals surface area (Å²) >= 11 is 0. The van der Waals surface area contributed by atoms with E-state index in [0.29, 0.717) is 22.1 Å². The first-order valence-electron chi connectivity index (χ1n) is 13.9. The minimum absolute atomic E-state index is 0.00513. The third kappa shape index (κ3) is 6.01. The second-order valence-corrected chi connectivity index (χ2v) is 12.5. The van der Waals surface area contributed by atoms with Gasteiger partial charge in [0.2, 0.25) is 0 Å². The van der Waals surface area contributed by atoms with Crippen molar-refractivity contribution in [2.75, 3.05) is 12.3 Å². The molecule has 0 saturated carbocycles. The summed E-state index contributed by atoms with van der Waals surface area (Å²) in [6, 6.07) is 21.6. The molecule has 1 saturated heterocycles. The third-order valence-electron chi connectivity index (χ3n) is 7.48. The molecule has 5 aromatic rings. The molecule has 228 valence electrons. The summed E-state index contributed by atoms with van der Waals surface area (Å²) in [6.07, 6.45) is 0.267. The van der Waals surface area contributed by atoms with E-state index >= 15 is 0 Å². The number of hydrogen-bond acceptors (Lipinski definition) is 10. The fourth-order valence-corrected chi connectivity index (χ4v) is 7.00. The number of aliphatic hydroxyl groups is 1. The van der Waals surface area contributed by atoms with Crippen LogP contribution in [0.5, 0.6) is 5.75 Å². The van der Waals surface area contributed by atoms with Crippen molar-refractivity contribution in [3.63, 3.8) is 0 Å². The maximum atomic E-state index is 14.5. The first kappa shape index (κ1) is 29.7. The summed E-state index contributed by atoms with van der Waals surface area (Å²) in [4.78, 5) is 25.0. The zero-order chi connectivity index (χ0) is 30.9. The molecular formula is C30H31N6O7P. The predicted octanol–water partition coefficient (Wildman–Crippen LogP) is 4.09. The predicted molar refractivity (Wildman–Crippen MR) is 162 cm³/mol. The van der Waals surface area contributed by atoms with Crippen molar-refractivity contribution in [3.05, 3.63) is 91.0 Å². The topological polar surface area (TPSA) is 184 Å². The first-order valence-corrected chi connectivity index (χ1v) is 15.4. The highest BCUT2D eigenvalue weighted by atomic mass is 31.2. The fourth-order valence-electron chi connectivity index (χ4n) is 5.28. The number of imidazole rings is 1. The lowest BCUT2D eigenvalue weighted by atomic mass is 9.94. The summed E-state index contributed by atoms with van der Waals surface area (Å²) in [7, 11) is -4.40. The fraction of sp³-hybridized carbons (Fsp3) is 0.267. The molecular weight excluding hydrogens is 587 g/mol. The molecule has 1 fully saturated rings. The molecule has 0 radical (unpaired) electrons. The van der Waals surface area contributed by atoms with Gasteiger partial charge in [0.25, 0.3) is 0 Å². The van der Waals surface area contributed by atoms with E-state index in [0.717, 1.165) is 5.39 Å². The van der Waals surface area contributed by atoms with E-state index in [4.69, 9.17) is 19.5 Å². The molecule has 14 heteroatoms. The molecule has 2 aromatic heterocycles. The molecule has 3 aromatic carbocycles. The maximum absolute atomic E-state index is 14.5. The van der Waals surface area contributed by atoms with Crippen LogP contribution in [0.2, 0.25) is 0 Å². The van der Waals surface area contributed by atoms with Gasteiger partial charge in [0.1, 0.15) is 29.2 Å². The van der Waals surface area contributed by atoms with Gasteiger partial charge in [0, 0.05) is 18.2 Å². The Labute approximate surface area is 252 Å². The zero-order valence-corrected chi connectivity index (χ0v) is 24.6. The van der Waals surface area contributed by atoms with E-state index in [-0.39, 0.29) is 31.0 Å². The number of anilines is 1. The van der Waals surface area contributed by atoms with Gasteiger partial charge in [0.05, 0.1) is 19.0 Å². The normalized spacial score (nSPS) is 21.2. The van der Waals surface area contributed by atoms with E-state index < -0.39 is 37.7 Å². The number of fused-ring (bicyclic) bond motifs is 2. The summed E-state index contributed by atoms with van der Waals surface area (Å²) in [6.45, 7) is 1.14. The van der Waals surface area contributed by atoms with E-state index in [1.807, 2.05) is 36.4 Å².